The number of halogens is 1. The first-order chi connectivity index (χ1) is 12.5. The number of hydrogen-bond acceptors (Lipinski definition) is 7. The Morgan fingerprint density at radius 1 is 1.46 bits per heavy atom. The zero-order valence-corrected chi connectivity index (χ0v) is 15.3. The summed E-state index contributed by atoms with van der Waals surface area (Å²) in [5.74, 6) is 1.43. The number of nitrogens with one attached hydrogen (secondary N) is 2. The topological polar surface area (TPSA) is 108 Å². The molecule has 3 rings (SSSR count). The van der Waals surface area contributed by atoms with Crippen LogP contribution in [0.15, 0.2) is 18.6 Å². The molecule has 0 spiro atoms. The van der Waals surface area contributed by atoms with Crippen molar-refractivity contribution in [2.75, 3.05) is 36.9 Å². The van der Waals surface area contributed by atoms with Crippen LogP contribution in [0.3, 0.4) is 0 Å². The highest BCUT2D eigenvalue weighted by atomic mass is 35.5. The second-order valence-electron chi connectivity index (χ2n) is 6.23. The predicted molar refractivity (Wildman–Crippen MR) is 98.5 cm³/mol. The zero-order chi connectivity index (χ0) is 18.5. The van der Waals surface area contributed by atoms with Crippen LogP contribution in [0.2, 0.25) is 5.02 Å². The van der Waals surface area contributed by atoms with Crippen molar-refractivity contribution in [2.45, 2.75) is 19.9 Å². The largest absolute Gasteiger partial charge is 0.394 e. The van der Waals surface area contributed by atoms with E-state index in [0.717, 1.165) is 25.2 Å². The van der Waals surface area contributed by atoms with Gasteiger partial charge in [-0.2, -0.15) is 10.1 Å². The number of rotatable bonds is 7. The Bertz CT molecular complexity index is 767. The smallest absolute Gasteiger partial charge is 0.229 e. The molecule has 10 heteroatoms. The lowest BCUT2D eigenvalue weighted by Crippen LogP contribution is -2.27. The van der Waals surface area contributed by atoms with Crippen molar-refractivity contribution in [3.05, 3.63) is 23.6 Å². The molecule has 1 aliphatic rings. The van der Waals surface area contributed by atoms with Gasteiger partial charge in [-0.3, -0.25) is 9.48 Å². The van der Waals surface area contributed by atoms with E-state index in [1.165, 1.54) is 6.20 Å². The third-order valence-electron chi connectivity index (χ3n) is 4.25. The molecule has 0 radical (unpaired) electrons. The molecule has 2 aromatic rings. The zero-order valence-electron chi connectivity index (χ0n) is 14.5. The molecular formula is C16H22ClN7O2. The lowest BCUT2D eigenvalue weighted by Gasteiger charge is -2.15. The highest BCUT2D eigenvalue weighted by Crippen LogP contribution is 2.23. The Morgan fingerprint density at radius 3 is 3.04 bits per heavy atom. The number of aliphatic hydroxyl groups excluding tert-OH is 1. The Kier molecular flexibility index (Phi) is 5.89. The highest BCUT2D eigenvalue weighted by Gasteiger charge is 2.24. The maximum absolute atomic E-state index is 11.4. The summed E-state index contributed by atoms with van der Waals surface area (Å²) in [5.41, 5.74) is 0.722. The summed E-state index contributed by atoms with van der Waals surface area (Å²) in [7, 11) is 0. The fraction of sp³-hybridized carbons (Fsp3) is 0.500. The summed E-state index contributed by atoms with van der Waals surface area (Å²) in [6.07, 6.45) is 5.89. The first-order valence-electron chi connectivity index (χ1n) is 8.47. The van der Waals surface area contributed by atoms with Crippen molar-refractivity contribution in [2.24, 2.45) is 5.92 Å². The number of aliphatic hydroxyl groups is 1. The first kappa shape index (κ1) is 18.4. The molecule has 3 N–H and O–H groups in total. The number of carbonyl (C=O) groups is 1. The molecule has 1 amide bonds. The van der Waals surface area contributed by atoms with Crippen molar-refractivity contribution in [3.8, 4) is 0 Å². The molecule has 0 bridgehead atoms. The first-order valence-corrected chi connectivity index (χ1v) is 8.85. The SMILES string of the molecule is CC(=O)N1CC[C@H](CNc2nc(Nc3cnn(CCO)c3)ncc2Cl)C1. The molecule has 3 heterocycles. The van der Waals surface area contributed by atoms with Crippen molar-refractivity contribution >= 4 is 35.0 Å². The number of likely N-dealkylation sites (tertiary alicyclic amines) is 1. The predicted octanol–water partition coefficient (Wildman–Crippen LogP) is 1.34. The van der Waals surface area contributed by atoms with Gasteiger partial charge in [-0.1, -0.05) is 11.6 Å². The Hall–Kier alpha value is -2.39. The minimum atomic E-state index is 0.0227. The van der Waals surface area contributed by atoms with E-state index in [1.807, 2.05) is 4.90 Å². The summed E-state index contributed by atoms with van der Waals surface area (Å²) in [6.45, 7) is 4.28. The molecule has 1 aliphatic heterocycles. The van der Waals surface area contributed by atoms with E-state index in [0.29, 0.717) is 35.8 Å². The third-order valence-corrected chi connectivity index (χ3v) is 4.53. The van der Waals surface area contributed by atoms with Crippen LogP contribution < -0.4 is 10.6 Å². The minimum Gasteiger partial charge on any atom is -0.394 e. The van der Waals surface area contributed by atoms with Crippen molar-refractivity contribution < 1.29 is 9.90 Å². The van der Waals surface area contributed by atoms with Crippen LogP contribution in [-0.2, 0) is 11.3 Å². The van der Waals surface area contributed by atoms with Gasteiger partial charge < -0.3 is 20.6 Å². The van der Waals surface area contributed by atoms with Crippen LogP contribution >= 0.6 is 11.6 Å². The summed E-state index contributed by atoms with van der Waals surface area (Å²) < 4.78 is 1.62. The number of amides is 1. The second kappa shape index (κ2) is 8.33. The van der Waals surface area contributed by atoms with E-state index >= 15 is 0 Å². The average molecular weight is 380 g/mol. The van der Waals surface area contributed by atoms with Crippen molar-refractivity contribution in [3.63, 3.8) is 0 Å². The Morgan fingerprint density at radius 2 is 2.31 bits per heavy atom. The van der Waals surface area contributed by atoms with Gasteiger partial charge in [0.15, 0.2) is 5.82 Å². The van der Waals surface area contributed by atoms with Crippen LogP contribution in [0, 0.1) is 5.92 Å². The minimum absolute atomic E-state index is 0.0227. The molecule has 26 heavy (non-hydrogen) atoms. The number of nitrogens with zero attached hydrogens (tertiary/aromatic N) is 5. The fourth-order valence-electron chi connectivity index (χ4n) is 2.86. The fourth-order valence-corrected chi connectivity index (χ4v) is 3.02. The third kappa shape index (κ3) is 4.61. The van der Waals surface area contributed by atoms with Crippen LogP contribution in [0.4, 0.5) is 17.5 Å². The molecule has 0 unspecified atom stereocenters. The molecule has 1 atom stereocenters. The maximum Gasteiger partial charge on any atom is 0.229 e. The Labute approximate surface area is 156 Å². The van der Waals surface area contributed by atoms with Gasteiger partial charge >= 0.3 is 0 Å². The van der Waals surface area contributed by atoms with Gasteiger partial charge in [0.1, 0.15) is 5.02 Å². The van der Waals surface area contributed by atoms with Gasteiger partial charge in [0.2, 0.25) is 11.9 Å². The molecule has 140 valence electrons. The van der Waals surface area contributed by atoms with Crippen molar-refractivity contribution in [1.82, 2.24) is 24.6 Å². The van der Waals surface area contributed by atoms with E-state index in [1.54, 1.807) is 24.0 Å². The second-order valence-corrected chi connectivity index (χ2v) is 6.64. The van der Waals surface area contributed by atoms with Gasteiger partial charge in [0, 0.05) is 32.8 Å². The maximum atomic E-state index is 11.4. The number of hydrogen-bond donors (Lipinski definition) is 3. The van der Waals surface area contributed by atoms with Crippen LogP contribution in [-0.4, -0.2) is 61.9 Å². The quantitative estimate of drug-likeness (QED) is 0.666. The number of anilines is 3. The molecule has 9 nitrogen and oxygen atoms in total. The van der Waals surface area contributed by atoms with Gasteiger partial charge in [-0.05, 0) is 12.3 Å². The molecule has 1 saturated heterocycles. The normalized spacial score (nSPS) is 16.7. The molecule has 0 aromatic carbocycles. The van der Waals surface area contributed by atoms with Gasteiger partial charge in [0.05, 0.1) is 31.2 Å². The summed E-state index contributed by atoms with van der Waals surface area (Å²) >= 11 is 6.19. The van der Waals surface area contributed by atoms with Crippen LogP contribution in [0.1, 0.15) is 13.3 Å². The number of aromatic nitrogens is 4. The van der Waals surface area contributed by atoms with E-state index in [9.17, 15) is 4.79 Å². The number of carbonyl (C=O) groups excluding carboxylic acids is 1. The monoisotopic (exact) mass is 379 g/mol. The Balaban J connectivity index is 1.59. The van der Waals surface area contributed by atoms with E-state index in [2.05, 4.69) is 25.7 Å². The van der Waals surface area contributed by atoms with Crippen LogP contribution in [0.25, 0.3) is 0 Å². The molecule has 0 saturated carbocycles. The van der Waals surface area contributed by atoms with Gasteiger partial charge in [-0.15, -0.1) is 0 Å². The molecule has 0 aliphatic carbocycles. The van der Waals surface area contributed by atoms with Crippen molar-refractivity contribution in [1.29, 1.82) is 0 Å². The lowest BCUT2D eigenvalue weighted by atomic mass is 10.1. The molecular weight excluding hydrogens is 358 g/mol. The highest BCUT2D eigenvalue weighted by molar-refractivity contribution is 6.32. The lowest BCUT2D eigenvalue weighted by molar-refractivity contribution is -0.127. The summed E-state index contributed by atoms with van der Waals surface area (Å²) in [5, 5.41) is 19.8. The van der Waals surface area contributed by atoms with E-state index in [-0.39, 0.29) is 12.5 Å². The van der Waals surface area contributed by atoms with Gasteiger partial charge in [-0.25, -0.2) is 4.98 Å². The van der Waals surface area contributed by atoms with E-state index < -0.39 is 0 Å². The average Bonchev–Trinajstić information content (AvgIpc) is 3.25. The molecule has 2 aromatic heterocycles. The molecule has 1 fully saturated rings. The standard InChI is InChI=1S/C16H22ClN7O2/c1-11(26)23-3-2-12(9-23)6-18-15-14(17)8-19-16(22-15)21-13-7-20-24(10-13)4-5-25/h7-8,10,12,25H,2-6,9H2,1H3,(H2,18,19,21,22)/t12-/m1/s1. The summed E-state index contributed by atoms with van der Waals surface area (Å²) in [6, 6.07) is 0. The van der Waals surface area contributed by atoms with Gasteiger partial charge in [0.25, 0.3) is 0 Å². The van der Waals surface area contributed by atoms with Crippen LogP contribution in [0.5, 0.6) is 0 Å². The summed E-state index contributed by atoms with van der Waals surface area (Å²) in [4.78, 5) is 21.8. The van der Waals surface area contributed by atoms with E-state index in [4.69, 9.17) is 16.7 Å².